The first-order chi connectivity index (χ1) is 14.0. The molecule has 29 heavy (non-hydrogen) atoms. The monoisotopic (exact) mass is 393 g/mol. The Balaban J connectivity index is 2.01. The molecule has 2 aromatic carbocycles. The molecule has 3 rings (SSSR count). The van der Waals surface area contributed by atoms with Crippen molar-refractivity contribution in [3.8, 4) is 23.1 Å². The number of hydrogen-bond acceptors (Lipinski definition) is 6. The van der Waals surface area contributed by atoms with Gasteiger partial charge < -0.3 is 24.8 Å². The number of nitrogens with zero attached hydrogens (tertiary/aromatic N) is 2. The molecule has 1 aromatic heterocycles. The Labute approximate surface area is 169 Å². The standard InChI is InChI=1S/C22H23N3O4/c1-15(26)25(14-16-13-18(27-2)9-11-20(16)28-3)19-10-12-21(23)24-22(19)29-17-7-5-4-6-8-17/h4-13H,14H2,1-3H3,(H2,23,24). The van der Waals surface area contributed by atoms with Crippen LogP contribution in [0.5, 0.6) is 23.1 Å². The third-order valence-electron chi connectivity index (χ3n) is 4.31. The molecule has 0 saturated heterocycles. The summed E-state index contributed by atoms with van der Waals surface area (Å²) in [5, 5.41) is 0. The molecule has 0 bridgehead atoms. The van der Waals surface area contributed by atoms with Crippen molar-refractivity contribution >= 4 is 17.4 Å². The molecule has 3 aromatic rings. The van der Waals surface area contributed by atoms with E-state index in [0.29, 0.717) is 28.8 Å². The second-order valence-electron chi connectivity index (χ2n) is 6.26. The van der Waals surface area contributed by atoms with Crippen molar-refractivity contribution < 1.29 is 19.0 Å². The zero-order valence-electron chi connectivity index (χ0n) is 16.6. The molecule has 0 aliphatic carbocycles. The Bertz CT molecular complexity index is 993. The van der Waals surface area contributed by atoms with Gasteiger partial charge in [0.2, 0.25) is 11.8 Å². The molecule has 0 aliphatic rings. The largest absolute Gasteiger partial charge is 0.497 e. The van der Waals surface area contributed by atoms with E-state index in [2.05, 4.69) is 4.98 Å². The number of para-hydroxylation sites is 1. The van der Waals surface area contributed by atoms with E-state index >= 15 is 0 Å². The van der Waals surface area contributed by atoms with Crippen molar-refractivity contribution in [2.75, 3.05) is 24.9 Å². The molecule has 1 amide bonds. The summed E-state index contributed by atoms with van der Waals surface area (Å²) < 4.78 is 16.7. The molecule has 0 radical (unpaired) electrons. The van der Waals surface area contributed by atoms with Crippen molar-refractivity contribution in [1.29, 1.82) is 0 Å². The molecule has 0 aliphatic heterocycles. The molecule has 0 atom stereocenters. The molecule has 2 N–H and O–H groups in total. The molecule has 0 saturated carbocycles. The van der Waals surface area contributed by atoms with Gasteiger partial charge in [-0.2, -0.15) is 4.98 Å². The van der Waals surface area contributed by atoms with Crippen LogP contribution in [0.25, 0.3) is 0 Å². The molecular formula is C22H23N3O4. The maximum Gasteiger partial charge on any atom is 0.245 e. The molecule has 0 spiro atoms. The summed E-state index contributed by atoms with van der Waals surface area (Å²) >= 11 is 0. The highest BCUT2D eigenvalue weighted by molar-refractivity contribution is 5.93. The fourth-order valence-corrected chi connectivity index (χ4v) is 2.87. The van der Waals surface area contributed by atoms with Crippen molar-refractivity contribution in [2.45, 2.75) is 13.5 Å². The van der Waals surface area contributed by atoms with Crippen LogP contribution in [0.15, 0.2) is 60.7 Å². The highest BCUT2D eigenvalue weighted by atomic mass is 16.5. The van der Waals surface area contributed by atoms with Crippen molar-refractivity contribution in [3.05, 3.63) is 66.2 Å². The minimum atomic E-state index is -0.181. The van der Waals surface area contributed by atoms with Crippen molar-refractivity contribution in [3.63, 3.8) is 0 Å². The van der Waals surface area contributed by atoms with Crippen molar-refractivity contribution in [1.82, 2.24) is 4.98 Å². The normalized spacial score (nSPS) is 10.3. The van der Waals surface area contributed by atoms with Crippen LogP contribution >= 0.6 is 0 Å². The van der Waals surface area contributed by atoms with E-state index in [9.17, 15) is 4.79 Å². The summed E-state index contributed by atoms with van der Waals surface area (Å²) in [5.74, 6) is 2.26. The second kappa shape index (κ2) is 8.97. The second-order valence-corrected chi connectivity index (χ2v) is 6.26. The number of nitrogen functional groups attached to an aromatic ring is 1. The topological polar surface area (TPSA) is 86.9 Å². The SMILES string of the molecule is COc1ccc(OC)c(CN(C(C)=O)c2ccc(N)nc2Oc2ccccc2)c1. The number of ether oxygens (including phenoxy) is 3. The predicted molar refractivity (Wildman–Crippen MR) is 112 cm³/mol. The quantitative estimate of drug-likeness (QED) is 0.652. The van der Waals surface area contributed by atoms with Gasteiger partial charge in [0, 0.05) is 12.5 Å². The Morgan fingerprint density at radius 2 is 1.76 bits per heavy atom. The lowest BCUT2D eigenvalue weighted by molar-refractivity contribution is -0.116. The lowest BCUT2D eigenvalue weighted by atomic mass is 10.1. The molecule has 0 unspecified atom stereocenters. The minimum Gasteiger partial charge on any atom is -0.497 e. The number of methoxy groups -OCH3 is 2. The number of benzene rings is 2. The van der Waals surface area contributed by atoms with E-state index in [1.807, 2.05) is 24.3 Å². The van der Waals surface area contributed by atoms with Crippen LogP contribution in [0.4, 0.5) is 11.5 Å². The Kier molecular flexibility index (Phi) is 6.19. The van der Waals surface area contributed by atoms with Crippen LogP contribution < -0.4 is 24.8 Å². The Hall–Kier alpha value is -3.74. The van der Waals surface area contributed by atoms with Crippen LogP contribution in [-0.2, 0) is 11.3 Å². The van der Waals surface area contributed by atoms with Gasteiger partial charge in [0.05, 0.1) is 20.8 Å². The van der Waals surface area contributed by atoms with Crippen molar-refractivity contribution in [2.24, 2.45) is 0 Å². The van der Waals surface area contributed by atoms with Gasteiger partial charge in [-0.05, 0) is 42.5 Å². The van der Waals surface area contributed by atoms with Gasteiger partial charge in [0.25, 0.3) is 0 Å². The highest BCUT2D eigenvalue weighted by Crippen LogP contribution is 2.34. The number of amides is 1. The maximum absolute atomic E-state index is 12.5. The zero-order valence-corrected chi connectivity index (χ0v) is 16.6. The maximum atomic E-state index is 12.5. The number of hydrogen-bond donors (Lipinski definition) is 1. The molecule has 7 heteroatoms. The predicted octanol–water partition coefficient (Wildman–Crippen LogP) is 4.03. The number of rotatable bonds is 7. The van der Waals surface area contributed by atoms with E-state index in [0.717, 1.165) is 5.56 Å². The van der Waals surface area contributed by atoms with Crippen LogP contribution in [0.3, 0.4) is 0 Å². The summed E-state index contributed by atoms with van der Waals surface area (Å²) in [6.07, 6.45) is 0. The number of pyridine rings is 1. The summed E-state index contributed by atoms with van der Waals surface area (Å²) in [5.41, 5.74) is 7.14. The fourth-order valence-electron chi connectivity index (χ4n) is 2.87. The summed E-state index contributed by atoms with van der Waals surface area (Å²) in [6.45, 7) is 1.72. The smallest absolute Gasteiger partial charge is 0.245 e. The van der Waals surface area contributed by atoms with Crippen LogP contribution in [-0.4, -0.2) is 25.1 Å². The fraction of sp³-hybridized carbons (Fsp3) is 0.182. The van der Waals surface area contributed by atoms with Gasteiger partial charge in [0.1, 0.15) is 28.8 Å². The Morgan fingerprint density at radius 1 is 1.00 bits per heavy atom. The number of carbonyl (C=O) groups excluding carboxylic acids is 1. The van der Waals surface area contributed by atoms with E-state index < -0.39 is 0 Å². The molecule has 1 heterocycles. The first-order valence-corrected chi connectivity index (χ1v) is 9.00. The summed E-state index contributed by atoms with van der Waals surface area (Å²) in [4.78, 5) is 18.4. The number of carbonyl (C=O) groups is 1. The molecular weight excluding hydrogens is 370 g/mol. The average Bonchev–Trinajstić information content (AvgIpc) is 2.73. The first-order valence-electron chi connectivity index (χ1n) is 9.00. The van der Waals surface area contributed by atoms with E-state index in [1.54, 1.807) is 55.5 Å². The average molecular weight is 393 g/mol. The number of aromatic nitrogens is 1. The summed E-state index contributed by atoms with van der Waals surface area (Å²) in [6, 6.07) is 18.0. The van der Waals surface area contributed by atoms with Gasteiger partial charge in [0.15, 0.2) is 0 Å². The third kappa shape index (κ3) is 4.76. The van der Waals surface area contributed by atoms with Crippen LogP contribution in [0.1, 0.15) is 12.5 Å². The van der Waals surface area contributed by atoms with Gasteiger partial charge in [-0.15, -0.1) is 0 Å². The number of nitrogens with two attached hydrogens (primary N) is 1. The van der Waals surface area contributed by atoms with Crippen LogP contribution in [0.2, 0.25) is 0 Å². The van der Waals surface area contributed by atoms with Gasteiger partial charge in [-0.1, -0.05) is 18.2 Å². The van der Waals surface area contributed by atoms with E-state index in [1.165, 1.54) is 6.92 Å². The zero-order chi connectivity index (χ0) is 20.8. The van der Waals surface area contributed by atoms with Gasteiger partial charge in [-0.25, -0.2) is 0 Å². The van der Waals surface area contributed by atoms with E-state index in [4.69, 9.17) is 19.9 Å². The molecule has 0 fully saturated rings. The van der Waals surface area contributed by atoms with E-state index in [-0.39, 0.29) is 18.3 Å². The molecule has 7 nitrogen and oxygen atoms in total. The lowest BCUT2D eigenvalue weighted by Gasteiger charge is -2.24. The lowest BCUT2D eigenvalue weighted by Crippen LogP contribution is -2.28. The minimum absolute atomic E-state index is 0.181. The van der Waals surface area contributed by atoms with Gasteiger partial charge >= 0.3 is 0 Å². The number of anilines is 2. The molecule has 150 valence electrons. The third-order valence-corrected chi connectivity index (χ3v) is 4.31. The van der Waals surface area contributed by atoms with Gasteiger partial charge in [-0.3, -0.25) is 4.79 Å². The Morgan fingerprint density at radius 3 is 2.41 bits per heavy atom. The first kappa shape index (κ1) is 20.0. The summed E-state index contributed by atoms with van der Waals surface area (Å²) in [7, 11) is 3.17. The van der Waals surface area contributed by atoms with Crippen LogP contribution in [0, 0.1) is 0 Å². The highest BCUT2D eigenvalue weighted by Gasteiger charge is 2.21.